The SMILES string of the molecule is O=COCC(Br)c1cnco1. The number of hydrogen-bond acceptors (Lipinski definition) is 4. The summed E-state index contributed by atoms with van der Waals surface area (Å²) in [6, 6.07) is 0. The molecular formula is C6H6BrNO3. The Morgan fingerprint density at radius 3 is 3.27 bits per heavy atom. The highest BCUT2D eigenvalue weighted by Gasteiger charge is 2.10. The van der Waals surface area contributed by atoms with Crippen molar-refractivity contribution in [3.05, 3.63) is 18.4 Å². The van der Waals surface area contributed by atoms with Crippen LogP contribution in [0.5, 0.6) is 0 Å². The van der Waals surface area contributed by atoms with Crippen molar-refractivity contribution < 1.29 is 13.9 Å². The quantitative estimate of drug-likeness (QED) is 0.566. The van der Waals surface area contributed by atoms with Crippen molar-refractivity contribution in [2.45, 2.75) is 4.83 Å². The fraction of sp³-hybridized carbons (Fsp3) is 0.333. The average Bonchev–Trinajstić information content (AvgIpc) is 2.52. The normalized spacial score (nSPS) is 12.5. The van der Waals surface area contributed by atoms with Gasteiger partial charge in [0.1, 0.15) is 17.2 Å². The van der Waals surface area contributed by atoms with Gasteiger partial charge in [-0.25, -0.2) is 4.98 Å². The molecule has 0 aliphatic heterocycles. The lowest BCUT2D eigenvalue weighted by Crippen LogP contribution is -1.98. The van der Waals surface area contributed by atoms with Crippen LogP contribution in [0.15, 0.2) is 17.0 Å². The van der Waals surface area contributed by atoms with Gasteiger partial charge in [-0.05, 0) is 0 Å². The molecule has 0 N–H and O–H groups in total. The van der Waals surface area contributed by atoms with Gasteiger partial charge in [-0.3, -0.25) is 4.79 Å². The third-order valence-corrected chi connectivity index (χ3v) is 1.79. The maximum atomic E-state index is 9.79. The van der Waals surface area contributed by atoms with Gasteiger partial charge >= 0.3 is 0 Å². The Kier molecular flexibility index (Phi) is 3.10. The second-order valence-electron chi connectivity index (χ2n) is 1.80. The topological polar surface area (TPSA) is 52.3 Å². The first-order valence-corrected chi connectivity index (χ1v) is 3.84. The van der Waals surface area contributed by atoms with E-state index in [1.165, 1.54) is 6.39 Å². The van der Waals surface area contributed by atoms with Crippen LogP contribution in [0, 0.1) is 0 Å². The number of ether oxygens (including phenoxy) is 1. The van der Waals surface area contributed by atoms with E-state index in [4.69, 9.17) is 4.42 Å². The van der Waals surface area contributed by atoms with Crippen LogP contribution in [-0.2, 0) is 9.53 Å². The lowest BCUT2D eigenvalue weighted by molar-refractivity contribution is -0.128. The number of carbonyl (C=O) groups excluding carboxylic acids is 1. The summed E-state index contributed by atoms with van der Waals surface area (Å²) in [5.41, 5.74) is 0. The van der Waals surface area contributed by atoms with E-state index in [2.05, 4.69) is 25.7 Å². The zero-order valence-corrected chi connectivity index (χ0v) is 7.15. The van der Waals surface area contributed by atoms with Crippen molar-refractivity contribution in [3.8, 4) is 0 Å². The Balaban J connectivity index is 2.42. The van der Waals surface area contributed by atoms with Crippen LogP contribution < -0.4 is 0 Å². The number of alkyl halides is 1. The van der Waals surface area contributed by atoms with Crippen molar-refractivity contribution in [1.29, 1.82) is 0 Å². The zero-order valence-electron chi connectivity index (χ0n) is 5.57. The molecule has 1 aromatic heterocycles. The van der Waals surface area contributed by atoms with Gasteiger partial charge in [0.05, 0.1) is 6.20 Å². The number of oxazole rings is 1. The van der Waals surface area contributed by atoms with Crippen LogP contribution in [0.25, 0.3) is 0 Å². The number of carbonyl (C=O) groups is 1. The predicted molar refractivity (Wildman–Crippen MR) is 40.2 cm³/mol. The summed E-state index contributed by atoms with van der Waals surface area (Å²) in [4.78, 5) is 13.4. The highest BCUT2D eigenvalue weighted by molar-refractivity contribution is 9.09. The molecule has 1 unspecified atom stereocenters. The van der Waals surface area contributed by atoms with E-state index in [-0.39, 0.29) is 11.4 Å². The molecule has 11 heavy (non-hydrogen) atoms. The number of halogens is 1. The Morgan fingerprint density at radius 2 is 2.73 bits per heavy atom. The molecule has 60 valence electrons. The molecule has 0 amide bonds. The summed E-state index contributed by atoms with van der Waals surface area (Å²) in [5.74, 6) is 0.645. The molecule has 1 aromatic rings. The minimum Gasteiger partial charge on any atom is -0.466 e. The van der Waals surface area contributed by atoms with Gasteiger partial charge < -0.3 is 9.15 Å². The Labute approximate surface area is 71.7 Å². The van der Waals surface area contributed by atoms with Crippen LogP contribution in [-0.4, -0.2) is 18.1 Å². The third kappa shape index (κ3) is 2.34. The minimum atomic E-state index is -0.116. The Hall–Kier alpha value is -0.840. The molecule has 0 saturated carbocycles. The molecule has 0 fully saturated rings. The van der Waals surface area contributed by atoms with Crippen molar-refractivity contribution >= 4 is 22.4 Å². The first-order valence-electron chi connectivity index (χ1n) is 2.92. The van der Waals surface area contributed by atoms with Crippen LogP contribution >= 0.6 is 15.9 Å². The lowest BCUT2D eigenvalue weighted by Gasteiger charge is -2.02. The fourth-order valence-corrected chi connectivity index (χ4v) is 0.965. The van der Waals surface area contributed by atoms with Crippen molar-refractivity contribution in [2.75, 3.05) is 6.61 Å². The smallest absolute Gasteiger partial charge is 0.293 e. The molecule has 0 saturated heterocycles. The van der Waals surface area contributed by atoms with E-state index < -0.39 is 0 Å². The standard InChI is InChI=1S/C6H6BrNO3/c7-5(2-10-4-9)6-1-8-3-11-6/h1,3-5H,2H2. The predicted octanol–water partition coefficient (Wildman–Crippen LogP) is 1.28. The second-order valence-corrected chi connectivity index (χ2v) is 2.91. The average molecular weight is 220 g/mol. The van der Waals surface area contributed by atoms with Crippen molar-refractivity contribution in [1.82, 2.24) is 4.98 Å². The fourth-order valence-electron chi connectivity index (χ4n) is 0.586. The molecule has 1 heterocycles. The second kappa shape index (κ2) is 4.12. The van der Waals surface area contributed by atoms with Gasteiger partial charge in [0.15, 0.2) is 6.39 Å². The van der Waals surface area contributed by atoms with Gasteiger partial charge in [-0.1, -0.05) is 15.9 Å². The Morgan fingerprint density at radius 1 is 1.91 bits per heavy atom. The molecule has 1 rings (SSSR count). The summed E-state index contributed by atoms with van der Waals surface area (Å²) >= 11 is 3.25. The Bertz CT molecular complexity index is 212. The summed E-state index contributed by atoms with van der Waals surface area (Å²) < 4.78 is 9.44. The van der Waals surface area contributed by atoms with Gasteiger partial charge in [-0.2, -0.15) is 0 Å². The molecule has 0 aliphatic rings. The molecule has 5 heteroatoms. The first kappa shape index (κ1) is 8.26. The van der Waals surface area contributed by atoms with Crippen LogP contribution in [0.1, 0.15) is 10.6 Å². The molecule has 0 aromatic carbocycles. The number of rotatable bonds is 4. The van der Waals surface area contributed by atoms with Gasteiger partial charge in [0.25, 0.3) is 6.47 Å². The number of aromatic nitrogens is 1. The largest absolute Gasteiger partial charge is 0.466 e. The maximum absolute atomic E-state index is 9.79. The summed E-state index contributed by atoms with van der Waals surface area (Å²) in [5, 5.41) is 0. The van der Waals surface area contributed by atoms with Crippen LogP contribution in [0.2, 0.25) is 0 Å². The van der Waals surface area contributed by atoms with E-state index in [9.17, 15) is 4.79 Å². The number of hydrogen-bond donors (Lipinski definition) is 0. The minimum absolute atomic E-state index is 0.116. The highest BCUT2D eigenvalue weighted by Crippen LogP contribution is 2.21. The molecular weight excluding hydrogens is 214 g/mol. The number of nitrogens with zero attached hydrogens (tertiary/aromatic N) is 1. The van der Waals surface area contributed by atoms with E-state index in [0.717, 1.165) is 0 Å². The summed E-state index contributed by atoms with van der Waals surface area (Å²) in [7, 11) is 0. The monoisotopic (exact) mass is 219 g/mol. The van der Waals surface area contributed by atoms with E-state index >= 15 is 0 Å². The maximum Gasteiger partial charge on any atom is 0.293 e. The molecule has 1 atom stereocenters. The summed E-state index contributed by atoms with van der Waals surface area (Å²) in [6.45, 7) is 0.642. The van der Waals surface area contributed by atoms with Crippen LogP contribution in [0.4, 0.5) is 0 Å². The van der Waals surface area contributed by atoms with Gasteiger partial charge in [0, 0.05) is 0 Å². The van der Waals surface area contributed by atoms with E-state index in [1.54, 1.807) is 6.20 Å². The first-order chi connectivity index (χ1) is 5.34. The zero-order chi connectivity index (χ0) is 8.10. The van der Waals surface area contributed by atoms with E-state index in [1.807, 2.05) is 0 Å². The third-order valence-electron chi connectivity index (χ3n) is 1.07. The molecule has 0 aliphatic carbocycles. The van der Waals surface area contributed by atoms with Gasteiger partial charge in [0.2, 0.25) is 0 Å². The molecule has 4 nitrogen and oxygen atoms in total. The molecule has 0 bridgehead atoms. The molecule has 0 radical (unpaired) electrons. The lowest BCUT2D eigenvalue weighted by atomic mass is 10.4. The highest BCUT2D eigenvalue weighted by atomic mass is 79.9. The van der Waals surface area contributed by atoms with Gasteiger partial charge in [-0.15, -0.1) is 0 Å². The van der Waals surface area contributed by atoms with Crippen molar-refractivity contribution in [3.63, 3.8) is 0 Å². The summed E-state index contributed by atoms with van der Waals surface area (Å²) in [6.07, 6.45) is 2.89. The van der Waals surface area contributed by atoms with Crippen LogP contribution in [0.3, 0.4) is 0 Å². The molecule has 0 spiro atoms. The van der Waals surface area contributed by atoms with Crippen molar-refractivity contribution in [2.24, 2.45) is 0 Å². The van der Waals surface area contributed by atoms with E-state index in [0.29, 0.717) is 12.2 Å².